The van der Waals surface area contributed by atoms with E-state index in [-0.39, 0.29) is 0 Å². The molecule has 0 amide bonds. The molecule has 0 saturated carbocycles. The van der Waals surface area contributed by atoms with Crippen LogP contribution in [0.15, 0.2) is 24.3 Å². The van der Waals surface area contributed by atoms with Crippen molar-refractivity contribution in [3.05, 3.63) is 29.8 Å². The Hall–Kier alpha value is -1.10. The second-order valence-corrected chi connectivity index (χ2v) is 5.69. The number of benzene rings is 1. The van der Waals surface area contributed by atoms with Crippen molar-refractivity contribution in [3.63, 3.8) is 0 Å². The van der Waals surface area contributed by atoms with Crippen LogP contribution in [0.4, 0.5) is 0 Å². The summed E-state index contributed by atoms with van der Waals surface area (Å²) in [6, 6.07) is 8.03. The Labute approximate surface area is 127 Å². The van der Waals surface area contributed by atoms with E-state index in [2.05, 4.69) is 18.3 Å². The summed E-state index contributed by atoms with van der Waals surface area (Å²) in [5.41, 5.74) is 1.25. The normalized spacial score (nSPS) is 19.6. The van der Waals surface area contributed by atoms with E-state index in [0.717, 1.165) is 38.3 Å². The van der Waals surface area contributed by atoms with Crippen molar-refractivity contribution in [2.75, 3.05) is 32.9 Å². The molecule has 2 N–H and O–H groups in total. The Kier molecular flexibility index (Phi) is 7.00. The highest BCUT2D eigenvalue weighted by molar-refractivity contribution is 5.28. The maximum absolute atomic E-state index is 9.92. The van der Waals surface area contributed by atoms with Crippen molar-refractivity contribution >= 4 is 0 Å². The third kappa shape index (κ3) is 6.04. The third-order valence-electron chi connectivity index (χ3n) is 3.88. The topological polar surface area (TPSA) is 50.7 Å². The molecule has 1 aromatic carbocycles. The minimum absolute atomic E-state index is 0.326. The monoisotopic (exact) mass is 293 g/mol. The molecule has 1 heterocycles. The fourth-order valence-electron chi connectivity index (χ4n) is 2.49. The van der Waals surface area contributed by atoms with E-state index in [9.17, 15) is 5.11 Å². The van der Waals surface area contributed by atoms with Gasteiger partial charge in [0, 0.05) is 19.8 Å². The van der Waals surface area contributed by atoms with Crippen LogP contribution in [-0.4, -0.2) is 44.1 Å². The third-order valence-corrected chi connectivity index (χ3v) is 3.88. The van der Waals surface area contributed by atoms with Crippen LogP contribution in [-0.2, 0) is 11.2 Å². The smallest absolute Gasteiger partial charge is 0.119 e. The zero-order valence-corrected chi connectivity index (χ0v) is 12.9. The molecule has 1 aromatic rings. The van der Waals surface area contributed by atoms with Gasteiger partial charge in [0.05, 0.1) is 0 Å². The number of aryl methyl sites for hydroxylation is 1. The largest absolute Gasteiger partial charge is 0.491 e. The fourth-order valence-corrected chi connectivity index (χ4v) is 2.49. The van der Waals surface area contributed by atoms with Crippen molar-refractivity contribution in [3.8, 4) is 5.75 Å². The number of hydrogen-bond donors (Lipinski definition) is 2. The summed E-state index contributed by atoms with van der Waals surface area (Å²) in [6.45, 7) is 5.73. The van der Waals surface area contributed by atoms with Crippen LogP contribution < -0.4 is 10.1 Å². The van der Waals surface area contributed by atoms with Crippen LogP contribution in [0.3, 0.4) is 0 Å². The molecule has 4 heteroatoms. The van der Waals surface area contributed by atoms with Crippen LogP contribution >= 0.6 is 0 Å². The van der Waals surface area contributed by atoms with Gasteiger partial charge in [-0.25, -0.2) is 0 Å². The van der Waals surface area contributed by atoms with Gasteiger partial charge in [-0.3, -0.25) is 0 Å². The first-order valence-electron chi connectivity index (χ1n) is 7.96. The summed E-state index contributed by atoms with van der Waals surface area (Å²) < 4.78 is 11.0. The van der Waals surface area contributed by atoms with Gasteiger partial charge in [-0.05, 0) is 49.4 Å². The first-order valence-corrected chi connectivity index (χ1v) is 7.96. The van der Waals surface area contributed by atoms with Crippen molar-refractivity contribution in [1.29, 1.82) is 0 Å². The highest BCUT2D eigenvalue weighted by atomic mass is 16.5. The Balaban J connectivity index is 1.57. The number of aliphatic hydroxyl groups excluding tert-OH is 1. The van der Waals surface area contributed by atoms with Gasteiger partial charge in [-0.15, -0.1) is 0 Å². The number of ether oxygens (including phenoxy) is 2. The molecule has 0 radical (unpaired) electrons. The highest BCUT2D eigenvalue weighted by Gasteiger charge is 2.14. The van der Waals surface area contributed by atoms with Gasteiger partial charge >= 0.3 is 0 Å². The second-order valence-electron chi connectivity index (χ2n) is 5.69. The molecular formula is C17H27NO3. The number of rotatable bonds is 9. The molecule has 1 aliphatic rings. The first kappa shape index (κ1) is 16.3. The van der Waals surface area contributed by atoms with Gasteiger partial charge < -0.3 is 19.9 Å². The van der Waals surface area contributed by atoms with E-state index >= 15 is 0 Å². The van der Waals surface area contributed by atoms with Gasteiger partial charge in [0.15, 0.2) is 0 Å². The lowest BCUT2D eigenvalue weighted by Gasteiger charge is -2.14. The zero-order chi connectivity index (χ0) is 14.9. The van der Waals surface area contributed by atoms with Gasteiger partial charge in [0.1, 0.15) is 18.5 Å². The summed E-state index contributed by atoms with van der Waals surface area (Å²) in [4.78, 5) is 0. The minimum Gasteiger partial charge on any atom is -0.491 e. The summed E-state index contributed by atoms with van der Waals surface area (Å²) in [5, 5.41) is 13.2. The molecule has 1 fully saturated rings. The summed E-state index contributed by atoms with van der Waals surface area (Å²) >= 11 is 0. The van der Waals surface area contributed by atoms with Gasteiger partial charge in [0.25, 0.3) is 0 Å². The Morgan fingerprint density at radius 2 is 2.38 bits per heavy atom. The molecule has 2 atom stereocenters. The van der Waals surface area contributed by atoms with Crippen LogP contribution in [0, 0.1) is 5.92 Å². The van der Waals surface area contributed by atoms with Gasteiger partial charge in [0.2, 0.25) is 0 Å². The molecule has 1 saturated heterocycles. The predicted octanol–water partition coefficient (Wildman–Crippen LogP) is 2.00. The maximum Gasteiger partial charge on any atom is 0.119 e. The van der Waals surface area contributed by atoms with Crippen LogP contribution in [0.25, 0.3) is 0 Å². The molecule has 0 aromatic heterocycles. The lowest BCUT2D eigenvalue weighted by Crippen LogP contribution is -2.32. The number of aliphatic hydroxyl groups is 1. The fraction of sp³-hybridized carbons (Fsp3) is 0.647. The van der Waals surface area contributed by atoms with E-state index in [0.29, 0.717) is 19.1 Å². The molecule has 0 spiro atoms. The van der Waals surface area contributed by atoms with Gasteiger partial charge in [-0.2, -0.15) is 0 Å². The Morgan fingerprint density at radius 1 is 1.48 bits per heavy atom. The predicted molar refractivity (Wildman–Crippen MR) is 83.7 cm³/mol. The molecule has 118 valence electrons. The summed E-state index contributed by atoms with van der Waals surface area (Å²) in [5.74, 6) is 1.51. The van der Waals surface area contributed by atoms with E-state index in [1.54, 1.807) is 0 Å². The highest BCUT2D eigenvalue weighted by Crippen LogP contribution is 2.15. The average Bonchev–Trinajstić information content (AvgIpc) is 3.03. The van der Waals surface area contributed by atoms with Crippen LogP contribution in [0.5, 0.6) is 5.75 Å². The van der Waals surface area contributed by atoms with Crippen molar-refractivity contribution in [2.24, 2.45) is 5.92 Å². The molecule has 21 heavy (non-hydrogen) atoms. The molecule has 0 aliphatic carbocycles. The van der Waals surface area contributed by atoms with Gasteiger partial charge in [-0.1, -0.05) is 19.1 Å². The average molecular weight is 293 g/mol. The van der Waals surface area contributed by atoms with E-state index in [4.69, 9.17) is 9.47 Å². The summed E-state index contributed by atoms with van der Waals surface area (Å²) in [6.07, 6.45) is 2.80. The lowest BCUT2D eigenvalue weighted by molar-refractivity contribution is 0.106. The molecule has 4 nitrogen and oxygen atoms in total. The SMILES string of the molecule is CCc1cccc(OCC(O)CNCCC2CCOC2)c1. The van der Waals surface area contributed by atoms with Crippen LogP contribution in [0.2, 0.25) is 0 Å². The maximum atomic E-state index is 9.92. The minimum atomic E-state index is -0.477. The van der Waals surface area contributed by atoms with Crippen molar-refractivity contribution in [1.82, 2.24) is 5.32 Å². The van der Waals surface area contributed by atoms with Crippen LogP contribution in [0.1, 0.15) is 25.3 Å². The van der Waals surface area contributed by atoms with E-state index in [1.807, 2.05) is 18.2 Å². The molecule has 1 aliphatic heterocycles. The number of nitrogens with one attached hydrogen (secondary N) is 1. The molecular weight excluding hydrogens is 266 g/mol. The summed E-state index contributed by atoms with van der Waals surface area (Å²) in [7, 11) is 0. The van der Waals surface area contributed by atoms with E-state index in [1.165, 1.54) is 12.0 Å². The van der Waals surface area contributed by atoms with Crippen molar-refractivity contribution in [2.45, 2.75) is 32.3 Å². The Bertz CT molecular complexity index is 405. The molecule has 2 rings (SSSR count). The second kappa shape index (κ2) is 9.03. The van der Waals surface area contributed by atoms with E-state index < -0.39 is 6.10 Å². The quantitative estimate of drug-likeness (QED) is 0.684. The molecule has 0 bridgehead atoms. The standard InChI is InChI=1S/C17H27NO3/c1-2-14-4-3-5-17(10-14)21-13-16(19)11-18-8-6-15-7-9-20-12-15/h3-5,10,15-16,18-19H,2,6-9,11-13H2,1H3. The number of hydrogen-bond acceptors (Lipinski definition) is 4. The Morgan fingerprint density at radius 3 is 3.14 bits per heavy atom. The lowest BCUT2D eigenvalue weighted by atomic mass is 10.1. The first-order chi connectivity index (χ1) is 10.3. The molecule has 2 unspecified atom stereocenters. The van der Waals surface area contributed by atoms with Crippen molar-refractivity contribution < 1.29 is 14.6 Å². The zero-order valence-electron chi connectivity index (χ0n) is 12.9.